The van der Waals surface area contributed by atoms with Gasteiger partial charge in [-0.05, 0) is 12.8 Å². The number of aliphatic imine (C=N–C) groups is 1. The first kappa shape index (κ1) is 19.4. The molecule has 2 N–H and O–H groups in total. The second-order valence-corrected chi connectivity index (χ2v) is 9.56. The van der Waals surface area contributed by atoms with Gasteiger partial charge in [-0.25, -0.2) is 0 Å². The number of nitrogens with one attached hydrogen (secondary N) is 2. The molecule has 0 aromatic heterocycles. The molecule has 1 heterocycles. The Morgan fingerprint density at radius 2 is 1.83 bits per heavy atom. The van der Waals surface area contributed by atoms with Gasteiger partial charge in [0.1, 0.15) is 0 Å². The van der Waals surface area contributed by atoms with Crippen molar-refractivity contribution in [2.24, 2.45) is 10.4 Å². The summed E-state index contributed by atoms with van der Waals surface area (Å²) in [7, 11) is 1.85. The molecule has 138 valence electrons. The lowest BCUT2D eigenvalue weighted by atomic mass is 9.87. The molecule has 1 amide bonds. The van der Waals surface area contributed by atoms with Crippen molar-refractivity contribution in [3.8, 4) is 0 Å². The van der Waals surface area contributed by atoms with E-state index < -0.39 is 0 Å². The van der Waals surface area contributed by atoms with Crippen molar-refractivity contribution in [2.75, 3.05) is 39.0 Å². The molecule has 2 rings (SSSR count). The van der Waals surface area contributed by atoms with Crippen LogP contribution in [0.4, 0.5) is 0 Å². The highest BCUT2D eigenvalue weighted by atomic mass is 32.2. The van der Waals surface area contributed by atoms with E-state index in [9.17, 15) is 4.79 Å². The highest BCUT2D eigenvalue weighted by Crippen LogP contribution is 2.42. The smallest absolute Gasteiger partial charge is 0.225 e. The van der Waals surface area contributed by atoms with Gasteiger partial charge in [0, 0.05) is 49.1 Å². The SMILES string of the molecule is CN=C(NCCNC(=O)C(C)(C)C)N1CCSC2(CCCCC2)C1. The van der Waals surface area contributed by atoms with Gasteiger partial charge < -0.3 is 15.5 Å². The molecule has 1 aliphatic carbocycles. The molecular formula is C18H34N4OS. The second-order valence-electron chi connectivity index (χ2n) is 7.99. The van der Waals surface area contributed by atoms with Crippen molar-refractivity contribution in [1.29, 1.82) is 0 Å². The molecule has 2 aliphatic rings. The molecular weight excluding hydrogens is 320 g/mol. The number of rotatable bonds is 3. The highest BCUT2D eigenvalue weighted by molar-refractivity contribution is 8.00. The van der Waals surface area contributed by atoms with Gasteiger partial charge in [0.2, 0.25) is 5.91 Å². The Morgan fingerprint density at radius 3 is 2.46 bits per heavy atom. The summed E-state index contributed by atoms with van der Waals surface area (Å²) in [6, 6.07) is 0. The van der Waals surface area contributed by atoms with Crippen LogP contribution in [0.2, 0.25) is 0 Å². The van der Waals surface area contributed by atoms with Crippen molar-refractivity contribution >= 4 is 23.6 Å². The first-order valence-corrected chi connectivity index (χ1v) is 10.2. The molecule has 1 saturated carbocycles. The second kappa shape index (κ2) is 8.45. The highest BCUT2D eigenvalue weighted by Gasteiger charge is 2.38. The Hall–Kier alpha value is -0.910. The summed E-state index contributed by atoms with van der Waals surface area (Å²) in [6.45, 7) is 9.30. The maximum absolute atomic E-state index is 11.9. The Kier molecular flexibility index (Phi) is 6.84. The Labute approximate surface area is 151 Å². The molecule has 1 aliphatic heterocycles. The average Bonchev–Trinajstić information content (AvgIpc) is 2.54. The van der Waals surface area contributed by atoms with E-state index in [4.69, 9.17) is 0 Å². The van der Waals surface area contributed by atoms with Crippen LogP contribution in [0.5, 0.6) is 0 Å². The van der Waals surface area contributed by atoms with Crippen molar-refractivity contribution in [2.45, 2.75) is 57.6 Å². The minimum atomic E-state index is -0.334. The third kappa shape index (κ3) is 5.30. The topological polar surface area (TPSA) is 56.7 Å². The molecule has 6 heteroatoms. The van der Waals surface area contributed by atoms with Crippen LogP contribution in [0, 0.1) is 5.41 Å². The van der Waals surface area contributed by atoms with Gasteiger partial charge in [0.15, 0.2) is 5.96 Å². The maximum atomic E-state index is 11.9. The fourth-order valence-corrected chi connectivity index (χ4v) is 5.04. The third-order valence-electron chi connectivity index (χ3n) is 4.90. The van der Waals surface area contributed by atoms with Crippen LogP contribution in [0.15, 0.2) is 4.99 Å². The van der Waals surface area contributed by atoms with Crippen LogP contribution < -0.4 is 10.6 Å². The predicted octanol–water partition coefficient (Wildman–Crippen LogP) is 2.48. The molecule has 0 radical (unpaired) electrons. The summed E-state index contributed by atoms with van der Waals surface area (Å²) in [5.74, 6) is 2.25. The lowest BCUT2D eigenvalue weighted by Crippen LogP contribution is -2.54. The summed E-state index contributed by atoms with van der Waals surface area (Å²) in [6.07, 6.45) is 6.81. The van der Waals surface area contributed by atoms with Crippen molar-refractivity contribution in [1.82, 2.24) is 15.5 Å². The minimum Gasteiger partial charge on any atom is -0.354 e. The van der Waals surface area contributed by atoms with E-state index in [2.05, 4.69) is 32.3 Å². The van der Waals surface area contributed by atoms with Crippen molar-refractivity contribution < 1.29 is 4.79 Å². The monoisotopic (exact) mass is 354 g/mol. The van der Waals surface area contributed by atoms with Gasteiger partial charge in [0.25, 0.3) is 0 Å². The van der Waals surface area contributed by atoms with E-state index in [1.54, 1.807) is 0 Å². The quantitative estimate of drug-likeness (QED) is 0.464. The zero-order chi connectivity index (χ0) is 17.6. The predicted molar refractivity (Wildman–Crippen MR) is 104 cm³/mol. The minimum absolute atomic E-state index is 0.0924. The molecule has 1 saturated heterocycles. The molecule has 0 aromatic rings. The number of hydrogen-bond acceptors (Lipinski definition) is 3. The first-order chi connectivity index (χ1) is 11.4. The zero-order valence-electron chi connectivity index (χ0n) is 15.8. The first-order valence-electron chi connectivity index (χ1n) is 9.24. The number of hydrogen-bond donors (Lipinski definition) is 2. The van der Waals surface area contributed by atoms with Gasteiger partial charge in [-0.15, -0.1) is 0 Å². The molecule has 2 fully saturated rings. The number of guanidine groups is 1. The van der Waals surface area contributed by atoms with Crippen LogP contribution >= 0.6 is 11.8 Å². The molecule has 0 bridgehead atoms. The molecule has 0 aromatic carbocycles. The van der Waals surface area contributed by atoms with E-state index in [1.807, 2.05) is 27.8 Å². The van der Waals surface area contributed by atoms with Gasteiger partial charge in [-0.2, -0.15) is 11.8 Å². The van der Waals surface area contributed by atoms with Crippen LogP contribution in [-0.2, 0) is 4.79 Å². The normalized spacial score (nSPS) is 21.7. The molecule has 24 heavy (non-hydrogen) atoms. The summed E-state index contributed by atoms with van der Waals surface area (Å²) in [5.41, 5.74) is -0.334. The maximum Gasteiger partial charge on any atom is 0.225 e. The van der Waals surface area contributed by atoms with E-state index >= 15 is 0 Å². The summed E-state index contributed by atoms with van der Waals surface area (Å²) in [4.78, 5) is 18.8. The van der Waals surface area contributed by atoms with E-state index in [-0.39, 0.29) is 11.3 Å². The summed E-state index contributed by atoms with van der Waals surface area (Å²) < 4.78 is 0.439. The molecule has 1 spiro atoms. The number of carbonyl (C=O) groups excluding carboxylic acids is 1. The molecule has 0 atom stereocenters. The Balaban J connectivity index is 1.80. The number of amides is 1. The lowest BCUT2D eigenvalue weighted by molar-refractivity contribution is -0.128. The van der Waals surface area contributed by atoms with E-state index in [0.29, 0.717) is 17.8 Å². The van der Waals surface area contributed by atoms with Gasteiger partial charge in [-0.3, -0.25) is 9.79 Å². The standard InChI is InChI=1S/C18H34N4OS/c1-17(2,3)15(23)20-10-11-21-16(19-4)22-12-13-24-18(14-22)8-6-5-7-9-18/h5-14H2,1-4H3,(H,19,21)(H,20,23). The molecule has 0 unspecified atom stereocenters. The largest absolute Gasteiger partial charge is 0.354 e. The van der Waals surface area contributed by atoms with Crippen LogP contribution in [0.3, 0.4) is 0 Å². The zero-order valence-corrected chi connectivity index (χ0v) is 16.6. The van der Waals surface area contributed by atoms with Crippen LogP contribution in [0.1, 0.15) is 52.9 Å². The van der Waals surface area contributed by atoms with Crippen molar-refractivity contribution in [3.05, 3.63) is 0 Å². The van der Waals surface area contributed by atoms with Gasteiger partial charge in [-0.1, -0.05) is 40.0 Å². The molecule has 5 nitrogen and oxygen atoms in total. The van der Waals surface area contributed by atoms with Gasteiger partial charge in [0.05, 0.1) is 0 Å². The Bertz CT molecular complexity index is 447. The van der Waals surface area contributed by atoms with E-state index in [1.165, 1.54) is 37.9 Å². The number of carbonyl (C=O) groups is 1. The van der Waals surface area contributed by atoms with Crippen LogP contribution in [-0.4, -0.2) is 60.5 Å². The number of thioether (sulfide) groups is 1. The van der Waals surface area contributed by atoms with Crippen LogP contribution in [0.25, 0.3) is 0 Å². The summed E-state index contributed by atoms with van der Waals surface area (Å²) in [5, 5.41) is 6.40. The average molecular weight is 355 g/mol. The fraction of sp³-hybridized carbons (Fsp3) is 0.889. The van der Waals surface area contributed by atoms with Gasteiger partial charge >= 0.3 is 0 Å². The van der Waals surface area contributed by atoms with Crippen molar-refractivity contribution in [3.63, 3.8) is 0 Å². The third-order valence-corrected chi connectivity index (χ3v) is 6.44. The fourth-order valence-electron chi connectivity index (χ4n) is 3.47. The Morgan fingerprint density at radius 1 is 1.17 bits per heavy atom. The van der Waals surface area contributed by atoms with E-state index in [0.717, 1.165) is 19.0 Å². The lowest BCUT2D eigenvalue weighted by Gasteiger charge is -2.45. The summed E-state index contributed by atoms with van der Waals surface area (Å²) >= 11 is 2.17. The number of nitrogens with zero attached hydrogens (tertiary/aromatic N) is 2.